The molecule has 0 fully saturated rings. The minimum absolute atomic E-state index is 0. The van der Waals surface area contributed by atoms with Crippen LogP contribution in [-0.4, -0.2) is 28.0 Å². The molecule has 0 amide bonds. The van der Waals surface area contributed by atoms with Crippen LogP contribution >= 0.6 is 0 Å². The molecule has 0 aromatic rings. The van der Waals surface area contributed by atoms with Crippen LogP contribution in [0.3, 0.4) is 0 Å². The lowest BCUT2D eigenvalue weighted by atomic mass is 10.5. The van der Waals surface area contributed by atoms with E-state index in [9.17, 15) is 0 Å². The van der Waals surface area contributed by atoms with Crippen molar-refractivity contribution in [3.63, 3.8) is 0 Å². The van der Waals surface area contributed by atoms with Gasteiger partial charge in [0.15, 0.2) is 0 Å². The van der Waals surface area contributed by atoms with E-state index >= 15 is 0 Å². The Kier molecular flexibility index (Phi) is 9.58. The SMILES string of the molecule is CC[NH+](CC)CC.[B-]. The van der Waals surface area contributed by atoms with Crippen LogP contribution in [0.25, 0.3) is 0 Å². The molecule has 8 heavy (non-hydrogen) atoms. The van der Waals surface area contributed by atoms with Crippen molar-refractivity contribution in [2.75, 3.05) is 19.6 Å². The Morgan fingerprint density at radius 2 is 1.12 bits per heavy atom. The van der Waals surface area contributed by atoms with Gasteiger partial charge in [-0.1, -0.05) is 0 Å². The Hall–Kier alpha value is 0.0249. The Morgan fingerprint density at radius 1 is 0.875 bits per heavy atom. The summed E-state index contributed by atoms with van der Waals surface area (Å²) in [4.78, 5) is 1.68. The maximum absolute atomic E-state index is 2.22. The fourth-order valence-electron chi connectivity index (χ4n) is 0.750. The first-order chi connectivity index (χ1) is 3.35. The van der Waals surface area contributed by atoms with Gasteiger partial charge in [0.2, 0.25) is 0 Å². The maximum atomic E-state index is 2.22. The molecule has 0 saturated heterocycles. The molecule has 0 unspecified atom stereocenters. The van der Waals surface area contributed by atoms with Gasteiger partial charge in [0.1, 0.15) is 0 Å². The number of rotatable bonds is 3. The minimum Gasteiger partial charge on any atom is -1.00 e. The topological polar surface area (TPSA) is 4.44 Å². The quantitative estimate of drug-likeness (QED) is 0.473. The van der Waals surface area contributed by atoms with E-state index in [4.69, 9.17) is 0 Å². The first kappa shape index (κ1) is 10.9. The molecule has 0 rings (SSSR count). The van der Waals surface area contributed by atoms with Gasteiger partial charge in [-0.05, 0) is 20.8 Å². The molecule has 0 aromatic heterocycles. The summed E-state index contributed by atoms with van der Waals surface area (Å²) in [5.74, 6) is 0. The molecular formula is C6H16BN. The van der Waals surface area contributed by atoms with Crippen LogP contribution < -0.4 is 4.90 Å². The molecule has 0 aliphatic carbocycles. The summed E-state index contributed by atoms with van der Waals surface area (Å²) in [6.07, 6.45) is 0. The first-order valence-electron chi connectivity index (χ1n) is 3.18. The Balaban J connectivity index is 0. The third kappa shape index (κ3) is 4.19. The molecule has 0 aliphatic heterocycles. The molecule has 48 valence electrons. The number of quaternary nitrogens is 1. The fraction of sp³-hybridized carbons (Fsp3) is 1.00. The average molecular weight is 113 g/mol. The molecule has 0 heterocycles. The summed E-state index contributed by atoms with van der Waals surface area (Å²) >= 11 is 0. The van der Waals surface area contributed by atoms with Crippen molar-refractivity contribution < 1.29 is 4.90 Å². The van der Waals surface area contributed by atoms with Gasteiger partial charge in [0.05, 0.1) is 19.6 Å². The van der Waals surface area contributed by atoms with Crippen molar-refractivity contribution in [1.82, 2.24) is 0 Å². The normalized spacial score (nSPS) is 9.00. The van der Waals surface area contributed by atoms with Gasteiger partial charge >= 0.3 is 0 Å². The van der Waals surface area contributed by atoms with Crippen LogP contribution in [0.4, 0.5) is 0 Å². The highest BCUT2D eigenvalue weighted by Crippen LogP contribution is 1.45. The average Bonchev–Trinajstić information content (AvgIpc) is 1.72. The summed E-state index contributed by atoms with van der Waals surface area (Å²) in [6.45, 7) is 10.5. The second kappa shape index (κ2) is 7.02. The Morgan fingerprint density at radius 3 is 1.12 bits per heavy atom. The van der Waals surface area contributed by atoms with Crippen LogP contribution in [0, 0.1) is 0 Å². The molecule has 0 aliphatic rings. The standard InChI is InChI=1S/C6H15N.B/c1-4-7(5-2)6-3;/h4-6H2,1-3H3;/q;-1/p+1. The lowest BCUT2D eigenvalue weighted by Gasteiger charge is -2.10. The van der Waals surface area contributed by atoms with Crippen molar-refractivity contribution in [3.05, 3.63) is 0 Å². The summed E-state index contributed by atoms with van der Waals surface area (Å²) in [5, 5.41) is 0. The second-order valence-corrected chi connectivity index (χ2v) is 1.81. The zero-order chi connectivity index (χ0) is 5.70. The molecule has 0 spiro atoms. The van der Waals surface area contributed by atoms with Crippen molar-refractivity contribution >= 4 is 8.41 Å². The van der Waals surface area contributed by atoms with E-state index < -0.39 is 0 Å². The van der Waals surface area contributed by atoms with Crippen LogP contribution in [0.5, 0.6) is 0 Å². The Bertz CT molecular complexity index is 30.0. The van der Waals surface area contributed by atoms with Crippen LogP contribution in [-0.2, 0) is 0 Å². The first-order valence-corrected chi connectivity index (χ1v) is 3.18. The summed E-state index contributed by atoms with van der Waals surface area (Å²) in [7, 11) is 0. The predicted octanol–water partition coefficient (Wildman–Crippen LogP) is -0.450. The van der Waals surface area contributed by atoms with Crippen molar-refractivity contribution in [1.29, 1.82) is 0 Å². The smallest absolute Gasteiger partial charge is 0.0742 e. The zero-order valence-electron chi connectivity index (χ0n) is 6.20. The van der Waals surface area contributed by atoms with E-state index in [-0.39, 0.29) is 8.41 Å². The molecule has 1 nitrogen and oxygen atoms in total. The summed E-state index contributed by atoms with van der Waals surface area (Å²) in [5.41, 5.74) is 0. The Labute approximate surface area is 54.6 Å². The maximum Gasteiger partial charge on any atom is 0.0742 e. The summed E-state index contributed by atoms with van der Waals surface area (Å²) < 4.78 is 0. The van der Waals surface area contributed by atoms with E-state index in [1.807, 2.05) is 0 Å². The van der Waals surface area contributed by atoms with Gasteiger partial charge in [-0.3, -0.25) is 0 Å². The lowest BCUT2D eigenvalue weighted by Crippen LogP contribution is -3.11. The number of hydrogen-bond acceptors (Lipinski definition) is 0. The monoisotopic (exact) mass is 113 g/mol. The van der Waals surface area contributed by atoms with E-state index in [0.29, 0.717) is 0 Å². The highest BCUT2D eigenvalue weighted by atomic mass is 15.1. The lowest BCUT2D eigenvalue weighted by molar-refractivity contribution is -0.894. The highest BCUT2D eigenvalue weighted by Gasteiger charge is 1.92. The van der Waals surface area contributed by atoms with Gasteiger partial charge in [0.25, 0.3) is 0 Å². The second-order valence-electron chi connectivity index (χ2n) is 1.81. The molecule has 4 radical (unpaired) electrons. The zero-order valence-corrected chi connectivity index (χ0v) is 6.20. The van der Waals surface area contributed by atoms with Crippen LogP contribution in [0.1, 0.15) is 20.8 Å². The van der Waals surface area contributed by atoms with Crippen molar-refractivity contribution in [3.8, 4) is 0 Å². The third-order valence-corrected chi connectivity index (χ3v) is 1.50. The molecule has 0 saturated carbocycles. The van der Waals surface area contributed by atoms with E-state index in [2.05, 4.69) is 20.8 Å². The van der Waals surface area contributed by atoms with Gasteiger partial charge in [0, 0.05) is 0 Å². The molecule has 1 N–H and O–H groups in total. The fourth-order valence-corrected chi connectivity index (χ4v) is 0.750. The van der Waals surface area contributed by atoms with Gasteiger partial charge in [-0.25, -0.2) is 0 Å². The van der Waals surface area contributed by atoms with Gasteiger partial charge < -0.3 is 13.3 Å². The number of nitrogens with one attached hydrogen (secondary N) is 1. The molecule has 0 aromatic carbocycles. The number of hydrogen-bond donors (Lipinski definition) is 1. The van der Waals surface area contributed by atoms with Gasteiger partial charge in [-0.2, -0.15) is 0 Å². The predicted molar refractivity (Wildman–Crippen MR) is 38.3 cm³/mol. The minimum atomic E-state index is 0. The third-order valence-electron chi connectivity index (χ3n) is 1.50. The molecule has 0 atom stereocenters. The van der Waals surface area contributed by atoms with E-state index in [1.54, 1.807) is 4.90 Å². The molecule has 2 heteroatoms. The largest absolute Gasteiger partial charge is 1.00 e. The highest BCUT2D eigenvalue weighted by molar-refractivity contribution is 5.75. The van der Waals surface area contributed by atoms with Gasteiger partial charge in [-0.15, -0.1) is 0 Å². The molecular weight excluding hydrogens is 96.9 g/mol. The van der Waals surface area contributed by atoms with Crippen LogP contribution in [0.15, 0.2) is 0 Å². The van der Waals surface area contributed by atoms with E-state index in [0.717, 1.165) is 0 Å². The van der Waals surface area contributed by atoms with Crippen molar-refractivity contribution in [2.45, 2.75) is 20.8 Å². The molecule has 0 bridgehead atoms. The van der Waals surface area contributed by atoms with Crippen molar-refractivity contribution in [2.24, 2.45) is 0 Å². The van der Waals surface area contributed by atoms with Crippen LogP contribution in [0.2, 0.25) is 0 Å². The summed E-state index contributed by atoms with van der Waals surface area (Å²) in [6, 6.07) is 0. The van der Waals surface area contributed by atoms with E-state index in [1.165, 1.54) is 19.6 Å².